The van der Waals surface area contributed by atoms with Crippen molar-refractivity contribution in [3.05, 3.63) is 40.5 Å². The van der Waals surface area contributed by atoms with Gasteiger partial charge in [-0.05, 0) is 51.0 Å². The average molecular weight is 379 g/mol. The Morgan fingerprint density at radius 1 is 1.16 bits per heavy atom. The summed E-state index contributed by atoms with van der Waals surface area (Å²) in [6, 6.07) is 7.60. The molecular weight excluding hydrogens is 356 g/mol. The van der Waals surface area contributed by atoms with Gasteiger partial charge in [0.2, 0.25) is 5.91 Å². The summed E-state index contributed by atoms with van der Waals surface area (Å²) < 4.78 is 0. The number of hydrogen-bond donors (Lipinski definition) is 1. The van der Waals surface area contributed by atoms with E-state index in [4.69, 9.17) is 11.6 Å². The van der Waals surface area contributed by atoms with Crippen molar-refractivity contribution in [3.63, 3.8) is 0 Å². The topological polar surface area (TPSA) is 58.1 Å². The first-order valence-corrected chi connectivity index (χ1v) is 9.58. The molecule has 2 aromatic rings. The van der Waals surface area contributed by atoms with Crippen LogP contribution in [0, 0.1) is 13.8 Å². The Kier molecular flexibility index (Phi) is 7.08. The van der Waals surface area contributed by atoms with Gasteiger partial charge in [0.05, 0.1) is 5.75 Å². The van der Waals surface area contributed by atoms with Gasteiger partial charge in [-0.25, -0.2) is 9.97 Å². The highest BCUT2D eigenvalue weighted by Gasteiger charge is 2.11. The lowest BCUT2D eigenvalue weighted by atomic mass is 10.1. The minimum atomic E-state index is -0.0961. The summed E-state index contributed by atoms with van der Waals surface area (Å²) in [6.45, 7) is 9.85. The molecule has 0 aliphatic carbocycles. The van der Waals surface area contributed by atoms with Crippen molar-refractivity contribution in [2.45, 2.75) is 32.9 Å². The third kappa shape index (κ3) is 5.61. The molecule has 7 heteroatoms. The Morgan fingerprint density at radius 3 is 2.52 bits per heavy atom. The monoisotopic (exact) mass is 378 g/mol. The van der Waals surface area contributed by atoms with Crippen LogP contribution in [0.25, 0.3) is 0 Å². The summed E-state index contributed by atoms with van der Waals surface area (Å²) in [5, 5.41) is 3.78. The van der Waals surface area contributed by atoms with Crippen LogP contribution in [0.15, 0.2) is 29.4 Å². The maximum Gasteiger partial charge on any atom is 0.234 e. The van der Waals surface area contributed by atoms with Gasteiger partial charge in [-0.15, -0.1) is 0 Å². The number of rotatable bonds is 7. The van der Waals surface area contributed by atoms with Gasteiger partial charge < -0.3 is 10.2 Å². The molecule has 1 aromatic heterocycles. The van der Waals surface area contributed by atoms with Crippen molar-refractivity contribution < 1.29 is 4.79 Å². The molecule has 2 rings (SSSR count). The Labute approximate surface area is 158 Å². The summed E-state index contributed by atoms with van der Waals surface area (Å²) >= 11 is 7.37. The van der Waals surface area contributed by atoms with Crippen LogP contribution in [0.3, 0.4) is 0 Å². The Balaban J connectivity index is 2.00. The van der Waals surface area contributed by atoms with E-state index in [9.17, 15) is 4.79 Å². The fourth-order valence-electron chi connectivity index (χ4n) is 2.31. The molecule has 1 aromatic carbocycles. The molecule has 1 heterocycles. The van der Waals surface area contributed by atoms with E-state index in [1.807, 2.05) is 32.0 Å². The lowest BCUT2D eigenvalue weighted by Crippen LogP contribution is -2.23. The average Bonchev–Trinajstić information content (AvgIpc) is 2.57. The largest absolute Gasteiger partial charge is 0.357 e. The van der Waals surface area contributed by atoms with Gasteiger partial charge in [-0.3, -0.25) is 4.79 Å². The number of aryl methyl sites for hydroxylation is 2. The quantitative estimate of drug-likeness (QED) is 0.441. The number of halogens is 1. The Bertz CT molecular complexity index is 750. The van der Waals surface area contributed by atoms with Crippen LogP contribution in [0.4, 0.5) is 11.5 Å². The highest BCUT2D eigenvalue weighted by molar-refractivity contribution is 7.99. The molecule has 5 nitrogen and oxygen atoms in total. The molecule has 0 bridgehead atoms. The maximum absolute atomic E-state index is 12.2. The molecule has 0 radical (unpaired) electrons. The number of carbonyl (C=O) groups is 1. The van der Waals surface area contributed by atoms with Crippen LogP contribution in [0.2, 0.25) is 5.15 Å². The maximum atomic E-state index is 12.2. The van der Waals surface area contributed by atoms with E-state index in [1.165, 1.54) is 17.3 Å². The molecule has 1 amide bonds. The SMILES string of the molecule is CCN(CC)c1cc(Cl)nc(SCC(=O)Nc2ccc(C)c(C)c2)n1. The second-order valence-electron chi connectivity index (χ2n) is 5.64. The predicted molar refractivity (Wildman–Crippen MR) is 106 cm³/mol. The Morgan fingerprint density at radius 2 is 1.88 bits per heavy atom. The normalized spacial score (nSPS) is 10.6. The van der Waals surface area contributed by atoms with Crippen molar-refractivity contribution in [2.75, 3.05) is 29.1 Å². The molecule has 1 N–H and O–H groups in total. The zero-order valence-electron chi connectivity index (χ0n) is 15.0. The highest BCUT2D eigenvalue weighted by Crippen LogP contribution is 2.22. The van der Waals surface area contributed by atoms with E-state index >= 15 is 0 Å². The molecule has 0 fully saturated rings. The zero-order valence-corrected chi connectivity index (χ0v) is 16.5. The van der Waals surface area contributed by atoms with Crippen LogP contribution in [0.5, 0.6) is 0 Å². The molecule has 0 aliphatic heterocycles. The number of hydrogen-bond acceptors (Lipinski definition) is 5. The van der Waals surface area contributed by atoms with Crippen LogP contribution >= 0.6 is 23.4 Å². The number of nitrogens with one attached hydrogen (secondary N) is 1. The van der Waals surface area contributed by atoms with Gasteiger partial charge >= 0.3 is 0 Å². The lowest BCUT2D eigenvalue weighted by Gasteiger charge is -2.20. The number of thioether (sulfide) groups is 1. The van der Waals surface area contributed by atoms with Crippen molar-refractivity contribution >= 4 is 40.8 Å². The number of benzene rings is 1. The second-order valence-corrected chi connectivity index (χ2v) is 6.97. The van der Waals surface area contributed by atoms with Crippen molar-refractivity contribution in [1.29, 1.82) is 0 Å². The lowest BCUT2D eigenvalue weighted by molar-refractivity contribution is -0.113. The van der Waals surface area contributed by atoms with E-state index in [0.29, 0.717) is 10.3 Å². The van der Waals surface area contributed by atoms with Gasteiger partial charge in [0.25, 0.3) is 0 Å². The van der Waals surface area contributed by atoms with Gasteiger partial charge in [0, 0.05) is 24.8 Å². The summed E-state index contributed by atoms with van der Waals surface area (Å²) in [5.41, 5.74) is 3.14. The molecule has 25 heavy (non-hydrogen) atoms. The summed E-state index contributed by atoms with van der Waals surface area (Å²) in [4.78, 5) is 23.0. The molecule has 134 valence electrons. The molecule has 0 aliphatic rings. The van der Waals surface area contributed by atoms with E-state index < -0.39 is 0 Å². The van der Waals surface area contributed by atoms with Gasteiger partial charge in [0.15, 0.2) is 5.16 Å². The van der Waals surface area contributed by atoms with Crippen LogP contribution in [0.1, 0.15) is 25.0 Å². The fraction of sp³-hybridized carbons (Fsp3) is 0.389. The number of nitrogens with zero attached hydrogens (tertiary/aromatic N) is 3. The van der Waals surface area contributed by atoms with E-state index in [-0.39, 0.29) is 11.7 Å². The summed E-state index contributed by atoms with van der Waals surface area (Å²) in [6.07, 6.45) is 0. The first-order valence-electron chi connectivity index (χ1n) is 8.22. The van der Waals surface area contributed by atoms with Crippen molar-refractivity contribution in [1.82, 2.24) is 9.97 Å². The van der Waals surface area contributed by atoms with Crippen LogP contribution in [-0.2, 0) is 4.79 Å². The van der Waals surface area contributed by atoms with E-state index in [1.54, 1.807) is 6.07 Å². The molecule has 0 unspecified atom stereocenters. The van der Waals surface area contributed by atoms with Crippen molar-refractivity contribution in [2.24, 2.45) is 0 Å². The number of amides is 1. The number of carbonyl (C=O) groups excluding carboxylic acids is 1. The van der Waals surface area contributed by atoms with Crippen LogP contribution in [-0.4, -0.2) is 34.7 Å². The standard InChI is InChI=1S/C18H23ClN4OS/c1-5-23(6-2)16-10-15(19)21-18(22-16)25-11-17(24)20-14-8-7-12(3)13(4)9-14/h7-10H,5-6,11H2,1-4H3,(H,20,24). The van der Waals surface area contributed by atoms with Gasteiger partial charge in [0.1, 0.15) is 11.0 Å². The molecule has 0 spiro atoms. The molecule has 0 atom stereocenters. The highest BCUT2D eigenvalue weighted by atomic mass is 35.5. The minimum Gasteiger partial charge on any atom is -0.357 e. The van der Waals surface area contributed by atoms with Gasteiger partial charge in [-0.1, -0.05) is 29.4 Å². The third-order valence-electron chi connectivity index (χ3n) is 3.87. The first kappa shape index (κ1) is 19.5. The van der Waals surface area contributed by atoms with E-state index in [2.05, 4.69) is 34.0 Å². The smallest absolute Gasteiger partial charge is 0.234 e. The van der Waals surface area contributed by atoms with E-state index in [0.717, 1.165) is 30.2 Å². The van der Waals surface area contributed by atoms with Crippen molar-refractivity contribution in [3.8, 4) is 0 Å². The first-order chi connectivity index (χ1) is 11.9. The second kappa shape index (κ2) is 9.06. The Hall–Kier alpha value is -1.79. The van der Waals surface area contributed by atoms with Crippen LogP contribution < -0.4 is 10.2 Å². The minimum absolute atomic E-state index is 0.0961. The summed E-state index contributed by atoms with van der Waals surface area (Å²) in [7, 11) is 0. The molecule has 0 saturated carbocycles. The summed E-state index contributed by atoms with van der Waals surface area (Å²) in [5.74, 6) is 0.911. The zero-order chi connectivity index (χ0) is 18.4. The predicted octanol–water partition coefficient (Wildman–Crippen LogP) is 4.32. The molecule has 0 saturated heterocycles. The fourth-order valence-corrected chi connectivity index (χ4v) is 3.19. The number of anilines is 2. The number of aromatic nitrogens is 2. The van der Waals surface area contributed by atoms with Gasteiger partial charge in [-0.2, -0.15) is 0 Å². The molecular formula is C18H23ClN4OS. The third-order valence-corrected chi connectivity index (χ3v) is 4.91.